The molecule has 0 aliphatic rings. The highest BCUT2D eigenvalue weighted by atomic mass is 16.5. The summed E-state index contributed by atoms with van der Waals surface area (Å²) in [4.78, 5) is 17.4. The van der Waals surface area contributed by atoms with Gasteiger partial charge < -0.3 is 20.7 Å². The molecule has 1 heterocycles. The molecule has 0 unspecified atom stereocenters. The minimum absolute atomic E-state index is 0.0653. The molecule has 0 saturated heterocycles. The number of nitrogens with two attached hydrogens (primary N) is 1. The van der Waals surface area contributed by atoms with Crippen molar-refractivity contribution in [3.63, 3.8) is 0 Å². The van der Waals surface area contributed by atoms with Crippen molar-refractivity contribution in [2.45, 2.75) is 6.92 Å². The van der Waals surface area contributed by atoms with Gasteiger partial charge in [-0.15, -0.1) is 0 Å². The van der Waals surface area contributed by atoms with Crippen LogP contribution >= 0.6 is 0 Å². The summed E-state index contributed by atoms with van der Waals surface area (Å²) in [6.45, 7) is 2.88. The van der Waals surface area contributed by atoms with E-state index in [0.717, 1.165) is 0 Å². The number of anilines is 2. The topological polar surface area (TPSA) is 80.5 Å². The van der Waals surface area contributed by atoms with Crippen LogP contribution in [0.4, 0.5) is 11.5 Å². The second-order valence-electron chi connectivity index (χ2n) is 3.46. The van der Waals surface area contributed by atoms with Crippen LogP contribution in [-0.2, 0) is 4.79 Å². The van der Waals surface area contributed by atoms with Crippen molar-refractivity contribution < 1.29 is 9.53 Å². The summed E-state index contributed by atoms with van der Waals surface area (Å²) in [7, 11) is 3.12. The minimum atomic E-state index is -0.0653. The average molecular weight is 238 g/mol. The summed E-state index contributed by atoms with van der Waals surface area (Å²) in [5.74, 6) is 0.976. The van der Waals surface area contributed by atoms with Crippen LogP contribution in [0.1, 0.15) is 6.92 Å². The predicted molar refractivity (Wildman–Crippen MR) is 67.2 cm³/mol. The lowest BCUT2D eigenvalue weighted by Gasteiger charge is -2.21. The van der Waals surface area contributed by atoms with Crippen molar-refractivity contribution in [3.8, 4) is 5.88 Å². The standard InChI is InChI=1S/C11H18N4O2/c1-4-15(7-10(16)13-2)9-6-5-8(12)11(14-9)17-3/h5-6H,4,7,12H2,1-3H3,(H,13,16). The summed E-state index contributed by atoms with van der Waals surface area (Å²) >= 11 is 0. The zero-order chi connectivity index (χ0) is 12.8. The number of likely N-dealkylation sites (N-methyl/N-ethyl adjacent to an activating group) is 2. The summed E-state index contributed by atoms with van der Waals surface area (Å²) < 4.78 is 5.05. The highest BCUT2D eigenvalue weighted by molar-refractivity contribution is 5.80. The monoisotopic (exact) mass is 238 g/mol. The second kappa shape index (κ2) is 5.93. The molecule has 0 fully saturated rings. The maximum Gasteiger partial charge on any atom is 0.239 e. The van der Waals surface area contributed by atoms with Crippen molar-refractivity contribution in [1.82, 2.24) is 10.3 Å². The van der Waals surface area contributed by atoms with Gasteiger partial charge >= 0.3 is 0 Å². The molecule has 94 valence electrons. The molecule has 1 aromatic heterocycles. The van der Waals surface area contributed by atoms with Gasteiger partial charge in [0.05, 0.1) is 19.3 Å². The lowest BCUT2D eigenvalue weighted by atomic mass is 10.3. The maximum atomic E-state index is 11.3. The maximum absolute atomic E-state index is 11.3. The third kappa shape index (κ3) is 3.24. The Labute approximate surface area is 101 Å². The van der Waals surface area contributed by atoms with Gasteiger partial charge in [0.2, 0.25) is 11.8 Å². The molecular formula is C11H18N4O2. The number of ether oxygens (including phenoxy) is 1. The Kier molecular flexibility index (Phi) is 4.56. The third-order valence-electron chi connectivity index (χ3n) is 2.39. The fourth-order valence-electron chi connectivity index (χ4n) is 1.39. The fourth-order valence-corrected chi connectivity index (χ4v) is 1.39. The highest BCUT2D eigenvalue weighted by Crippen LogP contribution is 2.22. The molecule has 1 aromatic rings. The quantitative estimate of drug-likeness (QED) is 0.768. The molecule has 0 bridgehead atoms. The molecular weight excluding hydrogens is 220 g/mol. The number of amides is 1. The highest BCUT2D eigenvalue weighted by Gasteiger charge is 2.12. The van der Waals surface area contributed by atoms with Crippen LogP contribution in [-0.4, -0.2) is 38.1 Å². The van der Waals surface area contributed by atoms with Gasteiger partial charge in [0.15, 0.2) is 0 Å². The summed E-state index contributed by atoms with van der Waals surface area (Å²) in [6, 6.07) is 3.48. The Morgan fingerprint density at radius 2 is 2.29 bits per heavy atom. The van der Waals surface area contributed by atoms with Gasteiger partial charge in [-0.1, -0.05) is 0 Å². The molecule has 17 heavy (non-hydrogen) atoms. The Hall–Kier alpha value is -1.98. The lowest BCUT2D eigenvalue weighted by molar-refractivity contribution is -0.119. The molecule has 0 saturated carbocycles. The third-order valence-corrected chi connectivity index (χ3v) is 2.39. The molecule has 6 nitrogen and oxygen atoms in total. The van der Waals surface area contributed by atoms with E-state index in [2.05, 4.69) is 10.3 Å². The number of hydrogen-bond acceptors (Lipinski definition) is 5. The number of rotatable bonds is 5. The first kappa shape index (κ1) is 13.1. The van der Waals surface area contributed by atoms with Crippen LogP contribution < -0.4 is 20.7 Å². The van der Waals surface area contributed by atoms with Crippen molar-refractivity contribution in [2.24, 2.45) is 0 Å². The molecule has 0 spiro atoms. The number of hydrogen-bond donors (Lipinski definition) is 2. The average Bonchev–Trinajstić information content (AvgIpc) is 2.36. The smallest absolute Gasteiger partial charge is 0.239 e. The van der Waals surface area contributed by atoms with Crippen molar-refractivity contribution in [2.75, 3.05) is 37.9 Å². The Morgan fingerprint density at radius 3 is 2.82 bits per heavy atom. The first-order chi connectivity index (χ1) is 8.12. The van der Waals surface area contributed by atoms with Crippen molar-refractivity contribution in [3.05, 3.63) is 12.1 Å². The van der Waals surface area contributed by atoms with Gasteiger partial charge in [0.1, 0.15) is 5.82 Å². The normalized spacial score (nSPS) is 9.82. The van der Waals surface area contributed by atoms with E-state index >= 15 is 0 Å². The molecule has 3 N–H and O–H groups in total. The van der Waals surface area contributed by atoms with Crippen LogP contribution in [0.3, 0.4) is 0 Å². The van der Waals surface area contributed by atoms with E-state index in [9.17, 15) is 4.79 Å². The summed E-state index contributed by atoms with van der Waals surface area (Å²) in [5, 5.41) is 2.58. The first-order valence-electron chi connectivity index (χ1n) is 5.38. The molecule has 0 aliphatic carbocycles. The van der Waals surface area contributed by atoms with Crippen LogP contribution in [0.25, 0.3) is 0 Å². The van der Waals surface area contributed by atoms with Gasteiger partial charge in [-0.2, -0.15) is 4.98 Å². The molecule has 0 aromatic carbocycles. The number of nitrogens with one attached hydrogen (secondary N) is 1. The Bertz CT molecular complexity index is 395. The van der Waals surface area contributed by atoms with E-state index < -0.39 is 0 Å². The Morgan fingerprint density at radius 1 is 1.59 bits per heavy atom. The molecule has 0 radical (unpaired) electrons. The number of carbonyl (C=O) groups is 1. The van der Waals surface area contributed by atoms with Crippen molar-refractivity contribution in [1.29, 1.82) is 0 Å². The van der Waals surface area contributed by atoms with Crippen LogP contribution in [0.5, 0.6) is 5.88 Å². The molecule has 1 rings (SSSR count). The Balaban J connectivity index is 2.91. The van der Waals surface area contributed by atoms with E-state index in [1.807, 2.05) is 11.8 Å². The van der Waals surface area contributed by atoms with E-state index in [1.54, 1.807) is 19.2 Å². The predicted octanol–water partition coefficient (Wildman–Crippen LogP) is 0.245. The number of methoxy groups -OCH3 is 1. The minimum Gasteiger partial charge on any atom is -0.479 e. The first-order valence-corrected chi connectivity index (χ1v) is 5.38. The van der Waals surface area contributed by atoms with Gasteiger partial charge in [-0.3, -0.25) is 4.79 Å². The van der Waals surface area contributed by atoms with Gasteiger partial charge in [0.25, 0.3) is 0 Å². The molecule has 0 atom stereocenters. The van der Waals surface area contributed by atoms with Gasteiger partial charge in [-0.05, 0) is 19.1 Å². The summed E-state index contributed by atoms with van der Waals surface area (Å²) in [6.07, 6.45) is 0. The number of nitrogens with zero attached hydrogens (tertiary/aromatic N) is 2. The molecule has 6 heteroatoms. The number of nitrogen functional groups attached to an aromatic ring is 1. The van der Waals surface area contributed by atoms with E-state index in [0.29, 0.717) is 23.9 Å². The zero-order valence-corrected chi connectivity index (χ0v) is 10.4. The van der Waals surface area contributed by atoms with Crippen LogP contribution in [0.15, 0.2) is 12.1 Å². The lowest BCUT2D eigenvalue weighted by Crippen LogP contribution is -2.36. The van der Waals surface area contributed by atoms with Gasteiger partial charge in [-0.25, -0.2) is 0 Å². The van der Waals surface area contributed by atoms with Crippen LogP contribution in [0, 0.1) is 0 Å². The van der Waals surface area contributed by atoms with Crippen molar-refractivity contribution >= 4 is 17.4 Å². The number of carbonyl (C=O) groups excluding carboxylic acids is 1. The van der Waals surface area contributed by atoms with E-state index in [4.69, 9.17) is 10.5 Å². The number of pyridine rings is 1. The summed E-state index contributed by atoms with van der Waals surface area (Å²) in [5.41, 5.74) is 6.16. The molecule has 1 amide bonds. The number of aromatic nitrogens is 1. The zero-order valence-electron chi connectivity index (χ0n) is 10.4. The second-order valence-corrected chi connectivity index (χ2v) is 3.46. The largest absolute Gasteiger partial charge is 0.479 e. The van der Waals surface area contributed by atoms with Gasteiger partial charge in [0, 0.05) is 13.6 Å². The van der Waals surface area contributed by atoms with E-state index in [-0.39, 0.29) is 12.5 Å². The van der Waals surface area contributed by atoms with Crippen LogP contribution in [0.2, 0.25) is 0 Å². The molecule has 0 aliphatic heterocycles. The van der Waals surface area contributed by atoms with E-state index in [1.165, 1.54) is 7.11 Å². The SMILES string of the molecule is CCN(CC(=O)NC)c1ccc(N)c(OC)n1. The fraction of sp³-hybridized carbons (Fsp3) is 0.455.